The van der Waals surface area contributed by atoms with E-state index in [1.807, 2.05) is 11.9 Å². The number of benzene rings is 1. The highest BCUT2D eigenvalue weighted by Gasteiger charge is 2.60. The molecule has 1 amide bonds. The largest absolute Gasteiger partial charge is 0.508 e. The summed E-state index contributed by atoms with van der Waals surface area (Å²) >= 11 is 0. The van der Waals surface area contributed by atoms with E-state index in [-0.39, 0.29) is 52.9 Å². The van der Waals surface area contributed by atoms with E-state index in [1.54, 1.807) is 0 Å². The number of amides is 1. The van der Waals surface area contributed by atoms with Crippen LogP contribution in [0.3, 0.4) is 0 Å². The van der Waals surface area contributed by atoms with Crippen molar-refractivity contribution in [3.05, 3.63) is 39.4 Å². The van der Waals surface area contributed by atoms with Gasteiger partial charge < -0.3 is 31.5 Å². The first kappa shape index (κ1) is 23.0. The molecule has 7 N–H and O–H groups in total. The predicted molar refractivity (Wildman–Crippen MR) is 123 cm³/mol. The molecule has 36 heavy (non-hydrogen) atoms. The van der Waals surface area contributed by atoms with Crippen LogP contribution in [-0.2, 0) is 20.8 Å². The molecule has 1 saturated carbocycles. The van der Waals surface area contributed by atoms with E-state index in [4.69, 9.17) is 5.73 Å². The van der Waals surface area contributed by atoms with Gasteiger partial charge in [-0.15, -0.1) is 0 Å². The van der Waals surface area contributed by atoms with Gasteiger partial charge in [0.05, 0.1) is 11.3 Å². The molecule has 5 atom stereocenters. The zero-order valence-corrected chi connectivity index (χ0v) is 19.5. The average molecular weight is 499 g/mol. The Morgan fingerprint density at radius 2 is 1.94 bits per heavy atom. The van der Waals surface area contributed by atoms with Crippen LogP contribution in [-0.4, -0.2) is 68.5 Å². The number of phenolic OH excluding ortho intramolecular Hbond substituents is 1. The first-order valence-electron chi connectivity index (χ1n) is 12.0. The van der Waals surface area contributed by atoms with Gasteiger partial charge in [-0.25, -0.2) is 4.39 Å². The summed E-state index contributed by atoms with van der Waals surface area (Å²) in [5, 5.41) is 47.4. The number of halogens is 1. The van der Waals surface area contributed by atoms with E-state index in [0.29, 0.717) is 12.1 Å². The predicted octanol–water partition coefficient (Wildman–Crippen LogP) is 0.981. The minimum Gasteiger partial charge on any atom is -0.508 e. The lowest BCUT2D eigenvalue weighted by Crippen LogP contribution is -2.58. The number of nitrogens with one attached hydrogen (secondary N) is 1. The fraction of sp³-hybridized carbons (Fsp3) is 0.480. The number of aliphatic hydroxyl groups is 3. The lowest BCUT2D eigenvalue weighted by molar-refractivity contribution is -0.147. The first-order chi connectivity index (χ1) is 17.0. The van der Waals surface area contributed by atoms with Gasteiger partial charge in [0.2, 0.25) is 5.78 Å². The number of hydrogen-bond donors (Lipinski definition) is 6. The fourth-order valence-electron chi connectivity index (χ4n) is 7.12. The number of anilines is 1. The third-order valence-electron chi connectivity index (χ3n) is 8.81. The van der Waals surface area contributed by atoms with Gasteiger partial charge in [0.1, 0.15) is 28.7 Å². The smallest absolute Gasteiger partial charge is 0.255 e. The second kappa shape index (κ2) is 7.30. The van der Waals surface area contributed by atoms with Crippen molar-refractivity contribution in [1.82, 2.24) is 4.90 Å². The van der Waals surface area contributed by atoms with Crippen LogP contribution >= 0.6 is 0 Å². The number of hydrogen-bond acceptors (Lipinski definition) is 9. The van der Waals surface area contributed by atoms with Gasteiger partial charge in [0, 0.05) is 41.6 Å². The Hall–Kier alpha value is -3.44. The SMILES string of the molecule is CN1CCC2CNc3c(O)c4c(c(F)c3C21)C[C@H]1C[C@H]2CC(=O)C(C(N)=O)=C(O)[C@@]2(O)C(=O)C1=C4O. The van der Waals surface area contributed by atoms with Gasteiger partial charge in [-0.3, -0.25) is 19.3 Å². The summed E-state index contributed by atoms with van der Waals surface area (Å²) in [5.74, 6) is -7.66. The highest BCUT2D eigenvalue weighted by Crippen LogP contribution is 2.56. The number of nitrogens with two attached hydrogens (primary N) is 1. The molecule has 2 fully saturated rings. The molecule has 1 aromatic rings. The van der Waals surface area contributed by atoms with Crippen LogP contribution < -0.4 is 11.1 Å². The maximum Gasteiger partial charge on any atom is 0.255 e. The number of primary amides is 1. The van der Waals surface area contributed by atoms with Gasteiger partial charge >= 0.3 is 0 Å². The number of carbonyl (C=O) groups is 3. The van der Waals surface area contributed by atoms with Crippen molar-refractivity contribution in [3.63, 3.8) is 0 Å². The molecular weight excluding hydrogens is 473 g/mol. The molecule has 1 aromatic carbocycles. The average Bonchev–Trinajstić information content (AvgIpc) is 3.20. The number of carbonyl (C=O) groups excluding carboxylic acids is 3. The van der Waals surface area contributed by atoms with Gasteiger partial charge in [0.15, 0.2) is 11.4 Å². The molecule has 0 radical (unpaired) electrons. The summed E-state index contributed by atoms with van der Waals surface area (Å²) in [7, 11) is 1.90. The number of rotatable bonds is 1. The second-order valence-electron chi connectivity index (χ2n) is 10.6. The van der Waals surface area contributed by atoms with Gasteiger partial charge in [0.25, 0.3) is 5.91 Å². The Balaban J connectivity index is 1.54. The van der Waals surface area contributed by atoms with Crippen molar-refractivity contribution in [1.29, 1.82) is 0 Å². The van der Waals surface area contributed by atoms with Crippen molar-refractivity contribution < 1.29 is 39.2 Å². The monoisotopic (exact) mass is 499 g/mol. The minimum absolute atomic E-state index is 0.0373. The highest BCUT2D eigenvalue weighted by molar-refractivity contribution is 6.22. The van der Waals surface area contributed by atoms with Crippen LogP contribution in [0.1, 0.15) is 42.0 Å². The Morgan fingerprint density at radius 3 is 2.64 bits per heavy atom. The zero-order chi connectivity index (χ0) is 25.8. The third kappa shape index (κ3) is 2.64. The van der Waals surface area contributed by atoms with E-state index < -0.39 is 64.2 Å². The molecule has 190 valence electrons. The van der Waals surface area contributed by atoms with Crippen LogP contribution in [0.25, 0.3) is 5.76 Å². The topological polar surface area (TPSA) is 173 Å². The van der Waals surface area contributed by atoms with Crippen LogP contribution in [0, 0.1) is 23.6 Å². The van der Waals surface area contributed by atoms with Gasteiger partial charge in [-0.2, -0.15) is 0 Å². The zero-order valence-electron chi connectivity index (χ0n) is 19.5. The normalized spacial score (nSPS) is 33.4. The molecule has 2 unspecified atom stereocenters. The molecule has 1 saturated heterocycles. The fourth-order valence-corrected chi connectivity index (χ4v) is 7.12. The minimum atomic E-state index is -2.64. The molecular formula is C25H26FN3O7. The maximum atomic E-state index is 16.1. The lowest BCUT2D eigenvalue weighted by atomic mass is 9.59. The number of fused-ring (bicyclic) bond motifs is 6. The van der Waals surface area contributed by atoms with Crippen LogP contribution in [0.5, 0.6) is 5.75 Å². The Bertz CT molecular complexity index is 1350. The Kier molecular flexibility index (Phi) is 4.66. The number of aromatic hydroxyl groups is 1. The molecule has 11 heteroatoms. The van der Waals surface area contributed by atoms with E-state index in [1.165, 1.54) is 0 Å². The molecule has 5 aliphatic rings. The number of ketones is 2. The van der Waals surface area contributed by atoms with Crippen molar-refractivity contribution in [2.75, 3.05) is 25.5 Å². The van der Waals surface area contributed by atoms with E-state index in [9.17, 15) is 34.8 Å². The molecule has 3 aliphatic carbocycles. The maximum absolute atomic E-state index is 16.1. The number of Topliss-reactive ketones (excluding diaryl/α,β-unsaturated/α-hetero) is 2. The Labute approximate surface area is 204 Å². The van der Waals surface area contributed by atoms with Crippen LogP contribution in [0.2, 0.25) is 0 Å². The molecule has 0 spiro atoms. The summed E-state index contributed by atoms with van der Waals surface area (Å²) < 4.78 is 16.1. The highest BCUT2D eigenvalue weighted by atomic mass is 19.1. The van der Waals surface area contributed by atoms with Crippen LogP contribution in [0.4, 0.5) is 10.1 Å². The van der Waals surface area contributed by atoms with Gasteiger partial charge in [-0.05, 0) is 44.7 Å². The standard InChI is InChI=1S/C25H26FN3O7/c1-29-3-2-8-7-28-18-16(19(8)29)17(26)11-5-9-4-10-6-12(30)15(24(27)35)23(34)25(10,36)22(33)13(9)20(31)14(11)21(18)32/h8-10,19,28,31-32,34,36H,2-7H2,1H3,(H2,27,35)/t8?,9-,10+,19?,25+/m1/s1. The number of aliphatic hydroxyl groups excluding tert-OH is 2. The van der Waals surface area contributed by atoms with Crippen molar-refractivity contribution in [3.8, 4) is 5.75 Å². The molecule has 2 aliphatic heterocycles. The Morgan fingerprint density at radius 1 is 1.22 bits per heavy atom. The molecule has 10 nitrogen and oxygen atoms in total. The molecule has 0 aromatic heterocycles. The molecule has 2 heterocycles. The summed E-state index contributed by atoms with van der Waals surface area (Å²) in [6.45, 7) is 1.29. The van der Waals surface area contributed by atoms with Crippen molar-refractivity contribution >= 4 is 28.9 Å². The lowest BCUT2D eigenvalue weighted by Gasteiger charge is -2.46. The van der Waals surface area contributed by atoms with Gasteiger partial charge in [-0.1, -0.05) is 0 Å². The second-order valence-corrected chi connectivity index (χ2v) is 10.6. The summed E-state index contributed by atoms with van der Waals surface area (Å²) in [4.78, 5) is 39.8. The van der Waals surface area contributed by atoms with Crippen molar-refractivity contribution in [2.45, 2.75) is 37.3 Å². The summed E-state index contributed by atoms with van der Waals surface area (Å²) in [6, 6.07) is -0.242. The number of phenols is 1. The number of likely N-dealkylation sites (tertiary alicyclic amines) is 1. The number of nitrogens with zero attached hydrogens (tertiary/aromatic N) is 1. The molecule has 0 bridgehead atoms. The van der Waals surface area contributed by atoms with E-state index >= 15 is 4.39 Å². The summed E-state index contributed by atoms with van der Waals surface area (Å²) in [5.41, 5.74) is 1.75. The first-order valence-corrected chi connectivity index (χ1v) is 12.0. The third-order valence-corrected chi connectivity index (χ3v) is 8.81. The van der Waals surface area contributed by atoms with Crippen molar-refractivity contribution in [2.24, 2.45) is 23.5 Å². The van der Waals surface area contributed by atoms with E-state index in [2.05, 4.69) is 5.32 Å². The van der Waals surface area contributed by atoms with E-state index in [0.717, 1.165) is 13.0 Å². The van der Waals surface area contributed by atoms with Crippen LogP contribution in [0.15, 0.2) is 16.9 Å². The molecule has 6 rings (SSSR count). The quantitative estimate of drug-likeness (QED) is 0.243. The summed E-state index contributed by atoms with van der Waals surface area (Å²) in [6.07, 6.45) is 0.362.